The van der Waals surface area contributed by atoms with Gasteiger partial charge in [0.1, 0.15) is 11.6 Å². The molecule has 2 aromatic carbocycles. The molecule has 4 nitrogen and oxygen atoms in total. The summed E-state index contributed by atoms with van der Waals surface area (Å²) in [6.45, 7) is 2.44. The largest absolute Gasteiger partial charge is 0.496 e. The summed E-state index contributed by atoms with van der Waals surface area (Å²) in [6.07, 6.45) is -0.490. The number of rotatable bonds is 7. The van der Waals surface area contributed by atoms with Crippen LogP contribution in [0.1, 0.15) is 29.2 Å². The number of halogens is 1. The van der Waals surface area contributed by atoms with E-state index in [4.69, 9.17) is 4.74 Å². The number of aliphatic hydroxyl groups excluding tert-OH is 1. The van der Waals surface area contributed by atoms with Crippen molar-refractivity contribution in [1.82, 2.24) is 5.32 Å². The lowest BCUT2D eigenvalue weighted by Crippen LogP contribution is -2.27. The van der Waals surface area contributed by atoms with Gasteiger partial charge in [0.2, 0.25) is 5.91 Å². The fraction of sp³-hybridized carbons (Fsp3) is 0.316. The molecule has 0 bridgehead atoms. The summed E-state index contributed by atoms with van der Waals surface area (Å²) in [5.41, 5.74) is 2.53. The van der Waals surface area contributed by atoms with Gasteiger partial charge in [-0.05, 0) is 42.7 Å². The summed E-state index contributed by atoms with van der Waals surface area (Å²) in [5, 5.41) is 12.8. The van der Waals surface area contributed by atoms with Gasteiger partial charge < -0.3 is 15.2 Å². The van der Waals surface area contributed by atoms with Crippen LogP contribution in [0.25, 0.3) is 0 Å². The van der Waals surface area contributed by atoms with E-state index in [0.29, 0.717) is 18.5 Å². The Morgan fingerprint density at radius 2 is 2.08 bits per heavy atom. The van der Waals surface area contributed by atoms with Gasteiger partial charge >= 0.3 is 0 Å². The summed E-state index contributed by atoms with van der Waals surface area (Å²) in [5.74, 6) is 0.0755. The first-order chi connectivity index (χ1) is 11.5. The predicted octanol–water partition coefficient (Wildman–Crippen LogP) is 2.93. The van der Waals surface area contributed by atoms with Gasteiger partial charge in [0, 0.05) is 6.54 Å². The average molecular weight is 331 g/mol. The fourth-order valence-corrected chi connectivity index (χ4v) is 2.52. The van der Waals surface area contributed by atoms with Crippen LogP contribution in [-0.2, 0) is 11.2 Å². The Bertz CT molecular complexity index is 703. The Kier molecular flexibility index (Phi) is 6.32. The van der Waals surface area contributed by atoms with Gasteiger partial charge in [0.05, 0.1) is 19.6 Å². The van der Waals surface area contributed by atoms with Crippen molar-refractivity contribution in [3.8, 4) is 5.75 Å². The highest BCUT2D eigenvalue weighted by molar-refractivity contribution is 5.76. The molecule has 128 valence electrons. The van der Waals surface area contributed by atoms with Gasteiger partial charge in [0.15, 0.2) is 0 Å². The summed E-state index contributed by atoms with van der Waals surface area (Å²) in [6, 6.07) is 11.5. The molecule has 24 heavy (non-hydrogen) atoms. The van der Waals surface area contributed by atoms with E-state index in [1.807, 2.05) is 25.1 Å². The Morgan fingerprint density at radius 3 is 2.79 bits per heavy atom. The van der Waals surface area contributed by atoms with Crippen LogP contribution in [0.15, 0.2) is 42.5 Å². The Balaban J connectivity index is 1.84. The van der Waals surface area contributed by atoms with Crippen LogP contribution in [0.2, 0.25) is 0 Å². The zero-order chi connectivity index (χ0) is 17.5. The van der Waals surface area contributed by atoms with Crippen molar-refractivity contribution < 1.29 is 19.0 Å². The zero-order valence-electron chi connectivity index (χ0n) is 13.9. The summed E-state index contributed by atoms with van der Waals surface area (Å²) < 4.78 is 18.4. The molecule has 0 aliphatic carbocycles. The number of methoxy groups -OCH3 is 1. The average Bonchev–Trinajstić information content (AvgIpc) is 2.55. The molecule has 1 atom stereocenters. The zero-order valence-corrected chi connectivity index (χ0v) is 13.9. The molecular weight excluding hydrogens is 309 g/mol. The molecule has 0 heterocycles. The maximum absolute atomic E-state index is 13.1. The van der Waals surface area contributed by atoms with Crippen molar-refractivity contribution in [2.45, 2.75) is 25.9 Å². The highest BCUT2D eigenvalue weighted by Crippen LogP contribution is 2.20. The summed E-state index contributed by atoms with van der Waals surface area (Å²) in [4.78, 5) is 11.9. The number of amides is 1. The minimum absolute atomic E-state index is 0.103. The number of benzene rings is 2. The van der Waals surface area contributed by atoms with Gasteiger partial charge in [-0.2, -0.15) is 0 Å². The maximum atomic E-state index is 13.1. The number of ether oxygens (including phenoxy) is 1. The minimum Gasteiger partial charge on any atom is -0.496 e. The molecule has 2 N–H and O–H groups in total. The van der Waals surface area contributed by atoms with E-state index in [0.717, 1.165) is 16.9 Å². The molecule has 0 spiro atoms. The minimum atomic E-state index is -1.02. The first kappa shape index (κ1) is 17.9. The van der Waals surface area contributed by atoms with Gasteiger partial charge in [-0.3, -0.25) is 4.79 Å². The molecule has 0 aromatic heterocycles. The monoisotopic (exact) mass is 331 g/mol. The number of aliphatic hydroxyl groups is 1. The van der Waals surface area contributed by atoms with E-state index in [1.54, 1.807) is 13.2 Å². The number of aryl methyl sites for hydroxylation is 1. The Morgan fingerprint density at radius 1 is 1.29 bits per heavy atom. The van der Waals surface area contributed by atoms with Crippen LogP contribution in [0, 0.1) is 12.7 Å². The van der Waals surface area contributed by atoms with E-state index >= 15 is 0 Å². The Labute approximate surface area is 141 Å². The van der Waals surface area contributed by atoms with Crippen LogP contribution in [0.3, 0.4) is 0 Å². The van der Waals surface area contributed by atoms with Crippen molar-refractivity contribution in [2.75, 3.05) is 13.7 Å². The molecule has 0 fully saturated rings. The van der Waals surface area contributed by atoms with Gasteiger partial charge in [-0.15, -0.1) is 0 Å². The van der Waals surface area contributed by atoms with Gasteiger partial charge in [-0.1, -0.05) is 29.8 Å². The van der Waals surface area contributed by atoms with Crippen LogP contribution in [-0.4, -0.2) is 24.7 Å². The molecule has 1 unspecified atom stereocenters. The van der Waals surface area contributed by atoms with Gasteiger partial charge in [-0.25, -0.2) is 4.39 Å². The van der Waals surface area contributed by atoms with Crippen LogP contribution < -0.4 is 10.1 Å². The van der Waals surface area contributed by atoms with E-state index in [-0.39, 0.29) is 12.3 Å². The Hall–Kier alpha value is -2.40. The third-order valence-corrected chi connectivity index (χ3v) is 3.76. The quantitative estimate of drug-likeness (QED) is 0.820. The van der Waals surface area contributed by atoms with Crippen LogP contribution in [0.5, 0.6) is 5.75 Å². The van der Waals surface area contributed by atoms with E-state index in [1.165, 1.54) is 18.2 Å². The second-order valence-corrected chi connectivity index (χ2v) is 5.69. The van der Waals surface area contributed by atoms with E-state index in [9.17, 15) is 14.3 Å². The number of nitrogens with one attached hydrogen (secondary N) is 1. The highest BCUT2D eigenvalue weighted by Gasteiger charge is 2.13. The van der Waals surface area contributed by atoms with Crippen molar-refractivity contribution >= 4 is 5.91 Å². The van der Waals surface area contributed by atoms with E-state index < -0.39 is 11.9 Å². The molecule has 2 rings (SSSR count). The first-order valence-corrected chi connectivity index (χ1v) is 7.83. The lowest BCUT2D eigenvalue weighted by molar-refractivity contribution is -0.123. The van der Waals surface area contributed by atoms with Crippen molar-refractivity contribution in [2.24, 2.45) is 0 Å². The third-order valence-electron chi connectivity index (χ3n) is 3.76. The molecule has 0 aliphatic heterocycles. The molecule has 0 saturated heterocycles. The molecule has 2 aromatic rings. The molecule has 0 aliphatic rings. The molecule has 1 amide bonds. The molecule has 0 saturated carbocycles. The number of hydrogen-bond acceptors (Lipinski definition) is 3. The normalized spacial score (nSPS) is 11.8. The smallest absolute Gasteiger partial charge is 0.222 e. The van der Waals surface area contributed by atoms with Crippen LogP contribution in [0.4, 0.5) is 4.39 Å². The number of carbonyl (C=O) groups is 1. The predicted molar refractivity (Wildman–Crippen MR) is 90.4 cm³/mol. The molecule has 0 radical (unpaired) electrons. The van der Waals surface area contributed by atoms with Gasteiger partial charge in [0.25, 0.3) is 0 Å². The van der Waals surface area contributed by atoms with Crippen molar-refractivity contribution in [1.29, 1.82) is 0 Å². The molecule has 5 heteroatoms. The second-order valence-electron chi connectivity index (χ2n) is 5.69. The highest BCUT2D eigenvalue weighted by atomic mass is 19.1. The lowest BCUT2D eigenvalue weighted by atomic mass is 10.1. The first-order valence-electron chi connectivity index (χ1n) is 7.83. The van der Waals surface area contributed by atoms with E-state index in [2.05, 4.69) is 5.32 Å². The number of hydrogen-bond donors (Lipinski definition) is 2. The topological polar surface area (TPSA) is 58.6 Å². The fourth-order valence-electron chi connectivity index (χ4n) is 2.52. The third kappa shape index (κ3) is 5.06. The SMILES string of the molecule is COc1ccc(C)cc1CCNC(=O)CC(O)c1cccc(F)c1. The standard InChI is InChI=1S/C19H22FNO3/c1-13-6-7-18(24-2)15(10-13)8-9-21-19(23)12-17(22)14-4-3-5-16(20)11-14/h3-7,10-11,17,22H,8-9,12H2,1-2H3,(H,21,23). The number of carbonyl (C=O) groups excluding carboxylic acids is 1. The lowest BCUT2D eigenvalue weighted by Gasteiger charge is -2.13. The second kappa shape index (κ2) is 8.45. The maximum Gasteiger partial charge on any atom is 0.222 e. The molecular formula is C19H22FNO3. The van der Waals surface area contributed by atoms with Crippen molar-refractivity contribution in [3.05, 3.63) is 65.0 Å². The van der Waals surface area contributed by atoms with Crippen molar-refractivity contribution in [3.63, 3.8) is 0 Å². The van der Waals surface area contributed by atoms with Crippen LogP contribution >= 0.6 is 0 Å². The summed E-state index contributed by atoms with van der Waals surface area (Å²) >= 11 is 0. The summed E-state index contributed by atoms with van der Waals surface area (Å²) in [7, 11) is 1.61.